The van der Waals surface area contributed by atoms with E-state index < -0.39 is 25.0 Å². The molecule has 3 aromatic rings. The number of ether oxygens (including phenoxy) is 1. The van der Waals surface area contributed by atoms with E-state index in [2.05, 4.69) is 167 Å². The van der Waals surface area contributed by atoms with Crippen LogP contribution >= 0.6 is 0 Å². The molecule has 0 heterocycles. The Kier molecular flexibility index (Phi) is 12.6. The summed E-state index contributed by atoms with van der Waals surface area (Å²) in [5.41, 5.74) is 2.86. The molecule has 3 aromatic carbocycles. The lowest BCUT2D eigenvalue weighted by Crippen LogP contribution is -2.68. The van der Waals surface area contributed by atoms with Gasteiger partial charge >= 0.3 is 0 Å². The summed E-state index contributed by atoms with van der Waals surface area (Å²) >= 11 is 0. The van der Waals surface area contributed by atoms with E-state index >= 15 is 0 Å². The predicted octanol–water partition coefficient (Wildman–Crippen LogP) is 11.2. The summed E-state index contributed by atoms with van der Waals surface area (Å²) in [6.07, 6.45) is 5.48. The van der Waals surface area contributed by atoms with Gasteiger partial charge in [0.1, 0.15) is 5.75 Å². The van der Waals surface area contributed by atoms with Crippen molar-refractivity contribution in [3.63, 3.8) is 0 Å². The minimum atomic E-state index is -2.77. The summed E-state index contributed by atoms with van der Waals surface area (Å²) in [6.45, 7) is 31.5. The topological polar surface area (TPSA) is 36.9 Å². The molecule has 0 amide bonds. The zero-order valence-electron chi connectivity index (χ0n) is 35.8. The fourth-order valence-electron chi connectivity index (χ4n) is 8.69. The van der Waals surface area contributed by atoms with Crippen LogP contribution in [0.5, 0.6) is 5.75 Å². The summed E-state index contributed by atoms with van der Waals surface area (Å²) < 4.78 is 28.3. The van der Waals surface area contributed by atoms with E-state index in [1.165, 1.54) is 21.5 Å². The smallest absolute Gasteiger partial charge is 0.261 e. The van der Waals surface area contributed by atoms with Crippen LogP contribution < -0.4 is 15.1 Å². The predicted molar refractivity (Wildman–Crippen MR) is 232 cm³/mol. The van der Waals surface area contributed by atoms with Crippen LogP contribution in [0.3, 0.4) is 0 Å². The Bertz CT molecular complexity index is 1600. The number of rotatable bonds is 13. The summed E-state index contributed by atoms with van der Waals surface area (Å²) in [5.74, 6) is 2.56. The van der Waals surface area contributed by atoms with Crippen molar-refractivity contribution in [2.75, 3.05) is 13.7 Å². The number of benzene rings is 3. The highest BCUT2D eigenvalue weighted by Gasteiger charge is 2.55. The fourth-order valence-corrected chi connectivity index (χ4v) is 15.8. The molecule has 1 saturated carbocycles. The molecule has 53 heavy (non-hydrogen) atoms. The third-order valence-corrected chi connectivity index (χ3v) is 27.9. The van der Waals surface area contributed by atoms with Crippen molar-refractivity contribution >= 4 is 35.3 Å². The molecule has 2 aliphatic rings. The molecule has 0 saturated heterocycles. The van der Waals surface area contributed by atoms with Crippen molar-refractivity contribution in [2.24, 2.45) is 17.8 Å². The highest BCUT2D eigenvalue weighted by molar-refractivity contribution is 6.99. The molecule has 2 aliphatic carbocycles. The van der Waals surface area contributed by atoms with E-state index in [4.69, 9.17) is 18.0 Å². The van der Waals surface area contributed by atoms with Gasteiger partial charge in [-0.1, -0.05) is 135 Å². The lowest BCUT2D eigenvalue weighted by atomic mass is 9.73. The molecule has 1 unspecified atom stereocenters. The zero-order valence-corrected chi connectivity index (χ0v) is 38.8. The van der Waals surface area contributed by atoms with Crippen LogP contribution in [0.15, 0.2) is 78.9 Å². The molecule has 0 radical (unpaired) electrons. The molecule has 292 valence electrons. The molecule has 5 atom stereocenters. The molecule has 0 bridgehead atoms. The standard InChI is InChI=1S/C46H72O4Si3/c1-44(2,3)51(11,12)48-33-36(49-52(13,14)45(4,5)6)28-29-39-40-30-34-22-21-27-42(47-10)41(34)31-35(40)32-43(39)50-53(46(7,8)9,37-23-17-15-18-24-37)38-25-19-16-20-26-38/h15-27,35-36,39-40,43H,28-33H2,1-14H3/t35-,36?,39+,40-,43+/m0/s1. The summed E-state index contributed by atoms with van der Waals surface area (Å²) in [5, 5.41) is 2.92. The Labute approximate surface area is 327 Å². The molecule has 5 rings (SSSR count). The molecule has 0 spiro atoms. The first-order valence-corrected chi connectivity index (χ1v) is 28.1. The third kappa shape index (κ3) is 8.86. The summed E-state index contributed by atoms with van der Waals surface area (Å²) in [7, 11) is -4.96. The number of hydrogen-bond donors (Lipinski definition) is 0. The van der Waals surface area contributed by atoms with E-state index in [0.717, 1.165) is 37.9 Å². The Morgan fingerprint density at radius 1 is 0.679 bits per heavy atom. The van der Waals surface area contributed by atoms with Crippen LogP contribution in [0.2, 0.25) is 41.3 Å². The number of fused-ring (bicyclic) bond motifs is 2. The highest BCUT2D eigenvalue weighted by atomic mass is 28.4. The first kappa shape index (κ1) is 42.1. The average Bonchev–Trinajstić information content (AvgIpc) is 3.41. The van der Waals surface area contributed by atoms with Gasteiger partial charge in [-0.3, -0.25) is 0 Å². The quantitative estimate of drug-likeness (QED) is 0.162. The van der Waals surface area contributed by atoms with Gasteiger partial charge in [0.05, 0.1) is 19.8 Å². The molecule has 0 aliphatic heterocycles. The molecule has 0 aromatic heterocycles. The van der Waals surface area contributed by atoms with Gasteiger partial charge in [0.25, 0.3) is 8.32 Å². The van der Waals surface area contributed by atoms with E-state index in [1.54, 1.807) is 0 Å². The molecule has 4 nitrogen and oxygen atoms in total. The van der Waals surface area contributed by atoms with E-state index in [0.29, 0.717) is 24.4 Å². The van der Waals surface area contributed by atoms with Gasteiger partial charge in [-0.15, -0.1) is 0 Å². The second kappa shape index (κ2) is 15.9. The Morgan fingerprint density at radius 2 is 1.25 bits per heavy atom. The molecule has 1 fully saturated rings. The van der Waals surface area contributed by atoms with Gasteiger partial charge in [-0.25, -0.2) is 0 Å². The van der Waals surface area contributed by atoms with E-state index in [-0.39, 0.29) is 27.3 Å². The highest BCUT2D eigenvalue weighted by Crippen LogP contribution is 2.52. The van der Waals surface area contributed by atoms with E-state index in [9.17, 15) is 0 Å². The van der Waals surface area contributed by atoms with Crippen LogP contribution in [0.25, 0.3) is 0 Å². The minimum absolute atomic E-state index is 0.0635. The van der Waals surface area contributed by atoms with Crippen LogP contribution in [-0.2, 0) is 26.1 Å². The Hall–Kier alpha value is -2.01. The second-order valence-electron chi connectivity index (χ2n) is 20.3. The number of methoxy groups -OCH3 is 1. The maximum Gasteiger partial charge on any atom is 0.261 e. The number of hydrogen-bond acceptors (Lipinski definition) is 4. The average molecular weight is 773 g/mol. The van der Waals surface area contributed by atoms with Crippen LogP contribution in [0, 0.1) is 17.8 Å². The minimum Gasteiger partial charge on any atom is -0.496 e. The van der Waals surface area contributed by atoms with E-state index in [1.807, 2.05) is 7.11 Å². The Morgan fingerprint density at radius 3 is 1.75 bits per heavy atom. The van der Waals surface area contributed by atoms with Gasteiger partial charge < -0.3 is 18.0 Å². The van der Waals surface area contributed by atoms with Crippen molar-refractivity contribution in [3.8, 4) is 5.75 Å². The van der Waals surface area contributed by atoms with Crippen LogP contribution in [0.4, 0.5) is 0 Å². The van der Waals surface area contributed by atoms with Gasteiger partial charge in [-0.05, 0) is 119 Å². The van der Waals surface area contributed by atoms with Gasteiger partial charge in [0.2, 0.25) is 0 Å². The Balaban J connectivity index is 1.56. The molecular weight excluding hydrogens is 701 g/mol. The molecule has 0 N–H and O–H groups in total. The lowest BCUT2D eigenvalue weighted by Gasteiger charge is -2.46. The normalized spacial score (nSPS) is 21.9. The first-order valence-electron chi connectivity index (χ1n) is 20.4. The monoisotopic (exact) mass is 772 g/mol. The van der Waals surface area contributed by atoms with Gasteiger partial charge in [-0.2, -0.15) is 0 Å². The molecule has 7 heteroatoms. The SMILES string of the molecule is COc1cccc2c1C[C@H]1C[C@@H](O[Si](c3ccccc3)(c3ccccc3)C(C)(C)C)[C@H](CCC(CO[Si](C)(C)C(C)(C)C)O[Si](C)(C)C(C)(C)C)[C@H]1C2. The maximum absolute atomic E-state index is 8.09. The second-order valence-corrected chi connectivity index (χ2v) is 34.1. The van der Waals surface area contributed by atoms with Crippen molar-refractivity contribution in [2.45, 2.75) is 148 Å². The third-order valence-electron chi connectivity index (χ3n) is 13.8. The summed E-state index contributed by atoms with van der Waals surface area (Å²) in [4.78, 5) is 0. The fraction of sp³-hybridized carbons (Fsp3) is 0.609. The van der Waals surface area contributed by atoms with Crippen molar-refractivity contribution in [1.82, 2.24) is 0 Å². The zero-order chi connectivity index (χ0) is 39.0. The van der Waals surface area contributed by atoms with Crippen molar-refractivity contribution in [1.29, 1.82) is 0 Å². The first-order chi connectivity index (χ1) is 24.6. The largest absolute Gasteiger partial charge is 0.496 e. The van der Waals surface area contributed by atoms with Gasteiger partial charge in [0, 0.05) is 6.10 Å². The van der Waals surface area contributed by atoms with Crippen molar-refractivity contribution in [3.05, 3.63) is 90.0 Å². The van der Waals surface area contributed by atoms with Crippen molar-refractivity contribution < 1.29 is 18.0 Å². The lowest BCUT2D eigenvalue weighted by molar-refractivity contribution is 0.0744. The van der Waals surface area contributed by atoms with Crippen LogP contribution in [-0.4, -0.2) is 50.9 Å². The van der Waals surface area contributed by atoms with Crippen LogP contribution in [0.1, 0.15) is 92.7 Å². The molecular formula is C46H72O4Si3. The maximum atomic E-state index is 8.09. The summed E-state index contributed by atoms with van der Waals surface area (Å²) in [6, 6.07) is 29.1. The van der Waals surface area contributed by atoms with Gasteiger partial charge in [0.15, 0.2) is 16.6 Å².